The van der Waals surface area contributed by atoms with E-state index in [1.54, 1.807) is 0 Å². The van der Waals surface area contributed by atoms with Gasteiger partial charge in [0.1, 0.15) is 5.54 Å². The maximum Gasteiger partial charge on any atom is 0.133 e. The van der Waals surface area contributed by atoms with Gasteiger partial charge in [0, 0.05) is 0 Å². The SMILES string of the molecule is C#CCNC1(C#N)CCC(C)c2ccccc21. The summed E-state index contributed by atoms with van der Waals surface area (Å²) in [6, 6.07) is 10.6. The lowest BCUT2D eigenvalue weighted by Gasteiger charge is -2.36. The van der Waals surface area contributed by atoms with Gasteiger partial charge in [0.2, 0.25) is 0 Å². The normalized spacial score (nSPS) is 26.6. The molecule has 0 heterocycles. The van der Waals surface area contributed by atoms with Crippen molar-refractivity contribution in [2.45, 2.75) is 31.2 Å². The van der Waals surface area contributed by atoms with Crippen LogP contribution >= 0.6 is 0 Å². The van der Waals surface area contributed by atoms with Gasteiger partial charge < -0.3 is 0 Å². The Morgan fingerprint density at radius 2 is 2.29 bits per heavy atom. The molecular weight excluding hydrogens is 208 g/mol. The lowest BCUT2D eigenvalue weighted by Crippen LogP contribution is -2.44. The highest BCUT2D eigenvalue weighted by Crippen LogP contribution is 2.40. The molecule has 0 bridgehead atoms. The van der Waals surface area contributed by atoms with Gasteiger partial charge in [-0.3, -0.25) is 5.32 Å². The summed E-state index contributed by atoms with van der Waals surface area (Å²) in [5, 5.41) is 12.7. The van der Waals surface area contributed by atoms with Gasteiger partial charge in [-0.2, -0.15) is 5.26 Å². The van der Waals surface area contributed by atoms with Gasteiger partial charge in [-0.15, -0.1) is 6.42 Å². The molecule has 17 heavy (non-hydrogen) atoms. The molecule has 0 aliphatic heterocycles. The minimum absolute atomic E-state index is 0.427. The van der Waals surface area contributed by atoms with E-state index in [1.165, 1.54) is 5.56 Å². The summed E-state index contributed by atoms with van der Waals surface area (Å²) in [5.41, 5.74) is 1.76. The molecule has 1 aliphatic carbocycles. The van der Waals surface area contributed by atoms with Crippen molar-refractivity contribution in [2.24, 2.45) is 0 Å². The average molecular weight is 224 g/mol. The largest absolute Gasteiger partial charge is 0.285 e. The molecule has 2 unspecified atom stereocenters. The highest BCUT2D eigenvalue weighted by molar-refractivity contribution is 5.42. The zero-order valence-corrected chi connectivity index (χ0v) is 10.0. The third kappa shape index (κ3) is 1.93. The van der Waals surface area contributed by atoms with Crippen LogP contribution in [0.1, 0.15) is 36.8 Å². The topological polar surface area (TPSA) is 35.8 Å². The van der Waals surface area contributed by atoms with Gasteiger partial charge >= 0.3 is 0 Å². The minimum atomic E-state index is -0.602. The fourth-order valence-electron chi connectivity index (χ4n) is 2.58. The van der Waals surface area contributed by atoms with Crippen molar-refractivity contribution >= 4 is 0 Å². The zero-order chi connectivity index (χ0) is 12.3. The van der Waals surface area contributed by atoms with Crippen LogP contribution in [0.2, 0.25) is 0 Å². The van der Waals surface area contributed by atoms with Gasteiger partial charge in [0.15, 0.2) is 0 Å². The summed E-state index contributed by atoms with van der Waals surface area (Å²) in [6.07, 6.45) is 7.12. The summed E-state index contributed by atoms with van der Waals surface area (Å²) >= 11 is 0. The molecule has 1 aliphatic rings. The van der Waals surface area contributed by atoms with E-state index in [2.05, 4.69) is 30.3 Å². The number of hydrogen-bond donors (Lipinski definition) is 1. The average Bonchev–Trinajstić information content (AvgIpc) is 2.39. The number of rotatable bonds is 2. The van der Waals surface area contributed by atoms with Gasteiger partial charge in [-0.1, -0.05) is 37.1 Å². The molecule has 1 aromatic rings. The molecule has 0 aromatic heterocycles. The van der Waals surface area contributed by atoms with Crippen molar-refractivity contribution in [1.29, 1.82) is 5.26 Å². The standard InChI is InChI=1S/C15H16N2/c1-3-10-17-15(11-16)9-8-12(2)13-6-4-5-7-14(13)15/h1,4-7,12,17H,8-10H2,2H3. The van der Waals surface area contributed by atoms with E-state index in [4.69, 9.17) is 6.42 Å². The van der Waals surface area contributed by atoms with Crippen LogP contribution < -0.4 is 5.32 Å². The molecule has 0 radical (unpaired) electrons. The lowest BCUT2D eigenvalue weighted by molar-refractivity contribution is 0.363. The predicted molar refractivity (Wildman–Crippen MR) is 68.2 cm³/mol. The molecule has 2 heteroatoms. The molecule has 0 saturated carbocycles. The number of nitrogens with zero attached hydrogens (tertiary/aromatic N) is 1. The third-order valence-corrected chi connectivity index (χ3v) is 3.59. The first-order chi connectivity index (χ1) is 8.23. The van der Waals surface area contributed by atoms with Crippen molar-refractivity contribution < 1.29 is 0 Å². The molecule has 0 amide bonds. The summed E-state index contributed by atoms with van der Waals surface area (Å²) in [5.74, 6) is 3.07. The molecule has 2 nitrogen and oxygen atoms in total. The molecule has 0 saturated heterocycles. The van der Waals surface area contributed by atoms with Crippen LogP contribution in [0.5, 0.6) is 0 Å². The monoisotopic (exact) mass is 224 g/mol. The number of terminal acetylenes is 1. The second-order valence-electron chi connectivity index (χ2n) is 4.60. The highest BCUT2D eigenvalue weighted by atomic mass is 15.0. The molecular formula is C15H16N2. The number of nitriles is 1. The van der Waals surface area contributed by atoms with Crippen LogP contribution in [-0.4, -0.2) is 6.54 Å². The Morgan fingerprint density at radius 3 is 3.00 bits per heavy atom. The van der Waals surface area contributed by atoms with Crippen molar-refractivity contribution in [3.8, 4) is 18.4 Å². The third-order valence-electron chi connectivity index (χ3n) is 3.59. The summed E-state index contributed by atoms with van der Waals surface area (Å²) in [4.78, 5) is 0. The van der Waals surface area contributed by atoms with E-state index in [-0.39, 0.29) is 0 Å². The number of nitrogens with one attached hydrogen (secondary N) is 1. The van der Waals surface area contributed by atoms with E-state index >= 15 is 0 Å². The summed E-state index contributed by atoms with van der Waals surface area (Å²) in [6.45, 7) is 2.64. The molecule has 2 atom stereocenters. The van der Waals surface area contributed by atoms with Crippen LogP contribution in [0.3, 0.4) is 0 Å². The highest BCUT2D eigenvalue weighted by Gasteiger charge is 2.38. The van der Waals surface area contributed by atoms with Gasteiger partial charge in [-0.25, -0.2) is 0 Å². The van der Waals surface area contributed by atoms with Gasteiger partial charge in [0.05, 0.1) is 12.6 Å². The van der Waals surface area contributed by atoms with E-state index < -0.39 is 5.54 Å². The minimum Gasteiger partial charge on any atom is -0.285 e. The summed E-state index contributed by atoms with van der Waals surface area (Å²) < 4.78 is 0. The smallest absolute Gasteiger partial charge is 0.133 e. The quantitative estimate of drug-likeness (QED) is 0.783. The zero-order valence-electron chi connectivity index (χ0n) is 10.0. The van der Waals surface area contributed by atoms with Gasteiger partial charge in [0.25, 0.3) is 0 Å². The Hall–Kier alpha value is -1.77. The van der Waals surface area contributed by atoms with Crippen LogP contribution in [0, 0.1) is 23.7 Å². The molecule has 1 aromatic carbocycles. The molecule has 0 spiro atoms. The maximum absolute atomic E-state index is 9.52. The van der Waals surface area contributed by atoms with Crippen LogP contribution in [0.15, 0.2) is 24.3 Å². The van der Waals surface area contributed by atoms with E-state index in [0.29, 0.717) is 12.5 Å². The first kappa shape index (κ1) is 11.7. The van der Waals surface area contributed by atoms with Crippen LogP contribution in [0.4, 0.5) is 0 Å². The van der Waals surface area contributed by atoms with E-state index in [9.17, 15) is 5.26 Å². The predicted octanol–water partition coefficient (Wildman–Crippen LogP) is 2.53. The van der Waals surface area contributed by atoms with Crippen molar-refractivity contribution in [3.63, 3.8) is 0 Å². The molecule has 0 fully saturated rings. The Bertz CT molecular complexity index is 492. The number of benzene rings is 1. The fourth-order valence-corrected chi connectivity index (χ4v) is 2.58. The van der Waals surface area contributed by atoms with E-state index in [0.717, 1.165) is 18.4 Å². The lowest BCUT2D eigenvalue weighted by atomic mass is 9.73. The second kappa shape index (κ2) is 4.62. The molecule has 1 N–H and O–H groups in total. The Labute approximate surface area is 103 Å². The summed E-state index contributed by atoms with van der Waals surface area (Å²) in [7, 11) is 0. The maximum atomic E-state index is 9.52. The first-order valence-electron chi connectivity index (χ1n) is 5.92. The van der Waals surface area contributed by atoms with Crippen LogP contribution in [0.25, 0.3) is 0 Å². The van der Waals surface area contributed by atoms with E-state index in [1.807, 2.05) is 18.2 Å². The van der Waals surface area contributed by atoms with Crippen molar-refractivity contribution in [2.75, 3.05) is 6.54 Å². The van der Waals surface area contributed by atoms with Crippen LogP contribution in [-0.2, 0) is 5.54 Å². The number of fused-ring (bicyclic) bond motifs is 1. The Balaban J connectivity index is 2.47. The fraction of sp³-hybridized carbons (Fsp3) is 0.400. The molecule has 2 rings (SSSR count). The Kier molecular flexibility index (Phi) is 3.18. The second-order valence-corrected chi connectivity index (χ2v) is 4.60. The first-order valence-corrected chi connectivity index (χ1v) is 5.92. The van der Waals surface area contributed by atoms with Crippen molar-refractivity contribution in [3.05, 3.63) is 35.4 Å². The number of hydrogen-bond acceptors (Lipinski definition) is 2. The molecule has 86 valence electrons. The van der Waals surface area contributed by atoms with Crippen molar-refractivity contribution in [1.82, 2.24) is 5.32 Å². The Morgan fingerprint density at radius 1 is 1.53 bits per heavy atom. The van der Waals surface area contributed by atoms with Gasteiger partial charge in [-0.05, 0) is 29.9 Å².